The predicted octanol–water partition coefficient (Wildman–Crippen LogP) is 3.04. The van der Waals surface area contributed by atoms with Crippen molar-refractivity contribution in [2.24, 2.45) is 0 Å². The number of anilines is 1. The number of halogens is 1. The molecule has 0 saturated carbocycles. The Hall–Kier alpha value is -2.84. The van der Waals surface area contributed by atoms with E-state index in [1.807, 2.05) is 4.57 Å². The third-order valence-corrected chi connectivity index (χ3v) is 3.41. The van der Waals surface area contributed by atoms with Crippen molar-refractivity contribution in [3.8, 4) is 23.0 Å². The Morgan fingerprint density at radius 2 is 2.05 bits per heavy atom. The minimum atomic E-state index is 0.468. The molecule has 0 saturated heterocycles. The highest BCUT2D eigenvalue weighted by atomic mass is 35.5. The van der Waals surface area contributed by atoms with Crippen LogP contribution in [0, 0.1) is 11.3 Å². The Morgan fingerprint density at radius 3 is 2.76 bits per heavy atom. The van der Waals surface area contributed by atoms with Crippen LogP contribution in [0.3, 0.4) is 0 Å². The molecule has 21 heavy (non-hydrogen) atoms. The van der Waals surface area contributed by atoms with Crippen molar-refractivity contribution in [3.63, 3.8) is 0 Å². The zero-order valence-corrected chi connectivity index (χ0v) is 11.6. The second-order valence-corrected chi connectivity index (χ2v) is 4.80. The molecule has 6 heteroatoms. The van der Waals surface area contributed by atoms with E-state index in [1.54, 1.807) is 49.2 Å². The SMILES string of the molecule is N#Cc1ccc(-n2cncc2-c2cnccc2N)c(Cl)c1. The molecule has 102 valence electrons. The molecule has 0 fully saturated rings. The molecule has 0 aliphatic heterocycles. The van der Waals surface area contributed by atoms with Gasteiger partial charge in [0.1, 0.15) is 0 Å². The van der Waals surface area contributed by atoms with Crippen LogP contribution in [0.2, 0.25) is 5.02 Å². The van der Waals surface area contributed by atoms with Crippen LogP contribution in [0.1, 0.15) is 5.56 Å². The van der Waals surface area contributed by atoms with E-state index >= 15 is 0 Å². The van der Waals surface area contributed by atoms with Gasteiger partial charge in [-0.05, 0) is 24.3 Å². The number of nitrogen functional groups attached to an aromatic ring is 1. The Balaban J connectivity index is 2.17. The molecule has 2 heterocycles. The minimum absolute atomic E-state index is 0.468. The molecule has 0 atom stereocenters. The molecule has 3 aromatic rings. The fourth-order valence-electron chi connectivity index (χ4n) is 2.08. The van der Waals surface area contributed by atoms with E-state index in [9.17, 15) is 0 Å². The zero-order valence-electron chi connectivity index (χ0n) is 10.9. The van der Waals surface area contributed by atoms with Crippen LogP contribution in [0.5, 0.6) is 0 Å². The monoisotopic (exact) mass is 295 g/mol. The summed E-state index contributed by atoms with van der Waals surface area (Å²) >= 11 is 6.25. The average molecular weight is 296 g/mol. The van der Waals surface area contributed by atoms with Gasteiger partial charge < -0.3 is 5.73 Å². The molecule has 0 bridgehead atoms. The third kappa shape index (κ3) is 2.33. The quantitative estimate of drug-likeness (QED) is 0.788. The average Bonchev–Trinajstić information content (AvgIpc) is 2.96. The molecule has 1 aromatic carbocycles. The Kier molecular flexibility index (Phi) is 3.30. The minimum Gasteiger partial charge on any atom is -0.398 e. The van der Waals surface area contributed by atoms with Crippen molar-refractivity contribution in [2.75, 3.05) is 5.73 Å². The van der Waals surface area contributed by atoms with E-state index in [-0.39, 0.29) is 0 Å². The first kappa shape index (κ1) is 13.2. The third-order valence-electron chi connectivity index (χ3n) is 3.11. The van der Waals surface area contributed by atoms with Crippen LogP contribution in [-0.4, -0.2) is 14.5 Å². The number of pyridine rings is 1. The lowest BCUT2D eigenvalue weighted by Gasteiger charge is -2.11. The lowest BCUT2D eigenvalue weighted by atomic mass is 10.1. The maximum absolute atomic E-state index is 8.90. The van der Waals surface area contributed by atoms with Gasteiger partial charge in [0, 0.05) is 23.6 Å². The molecular weight excluding hydrogens is 286 g/mol. The van der Waals surface area contributed by atoms with Crippen LogP contribution in [0.25, 0.3) is 16.9 Å². The fraction of sp³-hybridized carbons (Fsp3) is 0. The van der Waals surface area contributed by atoms with E-state index in [0.29, 0.717) is 16.3 Å². The molecular formula is C15H10ClN5. The summed E-state index contributed by atoms with van der Waals surface area (Å²) < 4.78 is 1.82. The summed E-state index contributed by atoms with van der Waals surface area (Å²) in [6.07, 6.45) is 6.66. The van der Waals surface area contributed by atoms with Gasteiger partial charge in [-0.2, -0.15) is 5.26 Å². The molecule has 5 nitrogen and oxygen atoms in total. The summed E-state index contributed by atoms with van der Waals surface area (Å²) in [6, 6.07) is 8.89. The van der Waals surface area contributed by atoms with Gasteiger partial charge in [0.2, 0.25) is 0 Å². The summed E-state index contributed by atoms with van der Waals surface area (Å²) in [6.45, 7) is 0. The van der Waals surface area contributed by atoms with E-state index in [4.69, 9.17) is 22.6 Å². The van der Waals surface area contributed by atoms with Gasteiger partial charge in [-0.3, -0.25) is 9.55 Å². The molecule has 2 N–H and O–H groups in total. The standard InChI is InChI=1S/C15H10ClN5/c16-12-5-10(6-17)1-2-14(12)21-9-20-8-15(21)11-7-19-4-3-13(11)18/h1-5,7-9H,(H2,18,19). The Bertz CT molecular complexity index is 847. The molecule has 0 amide bonds. The normalized spacial score (nSPS) is 10.3. The topological polar surface area (TPSA) is 80.5 Å². The van der Waals surface area contributed by atoms with Gasteiger partial charge in [0.25, 0.3) is 0 Å². The number of nitrogens with two attached hydrogens (primary N) is 1. The van der Waals surface area contributed by atoms with E-state index in [2.05, 4.69) is 16.0 Å². The molecule has 0 unspecified atom stereocenters. The maximum Gasteiger partial charge on any atom is 0.0997 e. The number of hydrogen-bond donors (Lipinski definition) is 1. The van der Waals surface area contributed by atoms with Crippen LogP contribution < -0.4 is 5.73 Å². The Morgan fingerprint density at radius 1 is 1.19 bits per heavy atom. The predicted molar refractivity (Wildman–Crippen MR) is 80.9 cm³/mol. The van der Waals surface area contributed by atoms with Crippen molar-refractivity contribution in [3.05, 3.63) is 59.8 Å². The fourth-order valence-corrected chi connectivity index (χ4v) is 2.35. The van der Waals surface area contributed by atoms with Gasteiger partial charge >= 0.3 is 0 Å². The number of nitrogens with zero attached hydrogens (tertiary/aromatic N) is 4. The molecule has 0 spiro atoms. The van der Waals surface area contributed by atoms with Gasteiger partial charge in [0.15, 0.2) is 0 Å². The van der Waals surface area contributed by atoms with Gasteiger partial charge in [-0.1, -0.05) is 11.6 Å². The second-order valence-electron chi connectivity index (χ2n) is 4.39. The second kappa shape index (κ2) is 5.27. The van der Waals surface area contributed by atoms with Gasteiger partial charge in [0.05, 0.1) is 40.6 Å². The molecule has 0 aliphatic carbocycles. The van der Waals surface area contributed by atoms with Gasteiger partial charge in [-0.15, -0.1) is 0 Å². The number of benzene rings is 1. The van der Waals surface area contributed by atoms with E-state index in [0.717, 1.165) is 16.9 Å². The lowest BCUT2D eigenvalue weighted by molar-refractivity contribution is 1.06. The highest BCUT2D eigenvalue weighted by Gasteiger charge is 2.12. The molecule has 0 aliphatic rings. The van der Waals surface area contributed by atoms with Crippen molar-refractivity contribution >= 4 is 17.3 Å². The number of imidazole rings is 1. The first-order valence-corrected chi connectivity index (χ1v) is 6.50. The lowest BCUT2D eigenvalue weighted by Crippen LogP contribution is -1.99. The van der Waals surface area contributed by atoms with Crippen molar-refractivity contribution in [1.82, 2.24) is 14.5 Å². The largest absolute Gasteiger partial charge is 0.398 e. The highest BCUT2D eigenvalue weighted by molar-refractivity contribution is 6.32. The van der Waals surface area contributed by atoms with Crippen LogP contribution in [-0.2, 0) is 0 Å². The summed E-state index contributed by atoms with van der Waals surface area (Å²) in [7, 11) is 0. The maximum atomic E-state index is 8.90. The van der Waals surface area contributed by atoms with Crippen LogP contribution >= 0.6 is 11.6 Å². The van der Waals surface area contributed by atoms with Crippen molar-refractivity contribution in [1.29, 1.82) is 5.26 Å². The number of hydrogen-bond acceptors (Lipinski definition) is 4. The number of rotatable bonds is 2. The van der Waals surface area contributed by atoms with Gasteiger partial charge in [-0.25, -0.2) is 4.98 Å². The highest BCUT2D eigenvalue weighted by Crippen LogP contribution is 2.30. The van der Waals surface area contributed by atoms with Crippen LogP contribution in [0.4, 0.5) is 5.69 Å². The summed E-state index contributed by atoms with van der Waals surface area (Å²) in [5.41, 5.74) is 9.39. The van der Waals surface area contributed by atoms with Crippen molar-refractivity contribution < 1.29 is 0 Å². The number of nitriles is 1. The molecule has 0 radical (unpaired) electrons. The first-order chi connectivity index (χ1) is 10.2. The first-order valence-electron chi connectivity index (χ1n) is 6.13. The Labute approximate surface area is 126 Å². The summed E-state index contributed by atoms with van der Waals surface area (Å²) in [4.78, 5) is 8.24. The molecule has 2 aromatic heterocycles. The van der Waals surface area contributed by atoms with E-state index < -0.39 is 0 Å². The molecule has 3 rings (SSSR count). The zero-order chi connectivity index (χ0) is 14.8. The van der Waals surface area contributed by atoms with Crippen LogP contribution in [0.15, 0.2) is 49.2 Å². The number of aromatic nitrogens is 3. The summed E-state index contributed by atoms with van der Waals surface area (Å²) in [5.74, 6) is 0. The van der Waals surface area contributed by atoms with E-state index in [1.165, 1.54) is 0 Å². The van der Waals surface area contributed by atoms with Crippen molar-refractivity contribution in [2.45, 2.75) is 0 Å². The summed E-state index contributed by atoms with van der Waals surface area (Å²) in [5, 5.41) is 9.37. The smallest absolute Gasteiger partial charge is 0.0997 e.